The van der Waals surface area contributed by atoms with Gasteiger partial charge in [0.15, 0.2) is 0 Å². The van der Waals surface area contributed by atoms with Crippen molar-refractivity contribution < 1.29 is 24.3 Å². The lowest BCUT2D eigenvalue weighted by molar-refractivity contribution is -0.146. The van der Waals surface area contributed by atoms with Gasteiger partial charge in [-0.3, -0.25) is 19.2 Å². The number of thiophene rings is 1. The van der Waals surface area contributed by atoms with Crippen LogP contribution in [0.1, 0.15) is 42.7 Å². The van der Waals surface area contributed by atoms with Crippen LogP contribution in [0.2, 0.25) is 0 Å². The highest BCUT2D eigenvalue weighted by Crippen LogP contribution is 2.37. The minimum absolute atomic E-state index is 0.0196. The number of carbonyl (C=O) groups is 4. The molecule has 9 nitrogen and oxygen atoms in total. The SMILES string of the molecule is CC(=O)N1CCc2c(sc(NC(=O)C(C)Sc3cccc(NC(=O)C4CC=CCC4C(=O)O)c3)c2C#N)C1. The molecule has 0 saturated carbocycles. The molecule has 3 amide bonds. The number of anilines is 2. The number of aliphatic carboxylic acids is 1. The van der Waals surface area contributed by atoms with Crippen LogP contribution in [-0.4, -0.2) is 45.5 Å². The Morgan fingerprint density at radius 1 is 1.18 bits per heavy atom. The van der Waals surface area contributed by atoms with Gasteiger partial charge in [-0.05, 0) is 49.9 Å². The molecule has 1 aromatic carbocycles. The number of nitrogens with zero attached hydrogens (tertiary/aromatic N) is 2. The maximum absolute atomic E-state index is 13.0. The van der Waals surface area contributed by atoms with Crippen LogP contribution in [0.5, 0.6) is 0 Å². The lowest BCUT2D eigenvalue weighted by Crippen LogP contribution is -2.34. The van der Waals surface area contributed by atoms with E-state index >= 15 is 0 Å². The minimum atomic E-state index is -0.985. The van der Waals surface area contributed by atoms with Gasteiger partial charge in [-0.25, -0.2) is 0 Å². The molecule has 0 bridgehead atoms. The molecular formula is C27H28N4O5S2. The first kappa shape index (κ1) is 27.4. The summed E-state index contributed by atoms with van der Waals surface area (Å²) < 4.78 is 0. The first-order chi connectivity index (χ1) is 18.2. The number of carboxylic acid groups (broad SMARTS) is 1. The molecular weight excluding hydrogens is 524 g/mol. The van der Waals surface area contributed by atoms with E-state index in [9.17, 15) is 29.5 Å². The minimum Gasteiger partial charge on any atom is -0.481 e. The fourth-order valence-electron chi connectivity index (χ4n) is 4.61. The molecule has 3 N–H and O–H groups in total. The van der Waals surface area contributed by atoms with Crippen molar-refractivity contribution in [3.63, 3.8) is 0 Å². The van der Waals surface area contributed by atoms with Crippen LogP contribution in [0.25, 0.3) is 0 Å². The van der Waals surface area contributed by atoms with Crippen molar-refractivity contribution in [1.82, 2.24) is 4.90 Å². The Labute approximate surface area is 228 Å². The van der Waals surface area contributed by atoms with E-state index in [1.807, 2.05) is 12.1 Å². The molecule has 3 unspecified atom stereocenters. The Hall–Kier alpha value is -3.62. The lowest BCUT2D eigenvalue weighted by Gasteiger charge is -2.25. The molecule has 2 aromatic rings. The zero-order valence-electron chi connectivity index (χ0n) is 21.0. The van der Waals surface area contributed by atoms with E-state index in [0.29, 0.717) is 48.6 Å². The van der Waals surface area contributed by atoms with Crippen LogP contribution in [0.3, 0.4) is 0 Å². The number of benzene rings is 1. The number of hydrogen-bond acceptors (Lipinski definition) is 7. The second kappa shape index (κ2) is 11.8. The lowest BCUT2D eigenvalue weighted by atomic mass is 9.82. The summed E-state index contributed by atoms with van der Waals surface area (Å²) in [5, 5.41) is 24.9. The van der Waals surface area contributed by atoms with E-state index in [0.717, 1.165) is 15.3 Å². The van der Waals surface area contributed by atoms with Gasteiger partial charge >= 0.3 is 5.97 Å². The van der Waals surface area contributed by atoms with E-state index in [1.54, 1.807) is 36.1 Å². The van der Waals surface area contributed by atoms with Gasteiger partial charge in [-0.1, -0.05) is 18.2 Å². The summed E-state index contributed by atoms with van der Waals surface area (Å²) in [6, 6.07) is 9.28. The topological polar surface area (TPSA) is 140 Å². The van der Waals surface area contributed by atoms with Crippen molar-refractivity contribution in [3.8, 4) is 6.07 Å². The number of allylic oxidation sites excluding steroid dienone is 2. The van der Waals surface area contributed by atoms with E-state index in [1.165, 1.54) is 30.0 Å². The van der Waals surface area contributed by atoms with Gasteiger partial charge in [0.05, 0.1) is 29.2 Å². The van der Waals surface area contributed by atoms with E-state index < -0.39 is 23.1 Å². The Balaban J connectivity index is 1.40. The van der Waals surface area contributed by atoms with Crippen LogP contribution in [0, 0.1) is 23.2 Å². The van der Waals surface area contributed by atoms with E-state index in [-0.39, 0.29) is 17.7 Å². The standard InChI is InChI=1S/C27H28N4O5S2/c1-15(24(33)30-26-22(13-28)19-10-11-31(16(2)32)14-23(19)38-26)37-18-7-5-6-17(12-18)29-25(34)20-8-3-4-9-21(20)27(35)36/h3-7,12,15,20-21H,8-11,14H2,1-2H3,(H,29,34)(H,30,33)(H,35,36). The molecule has 4 rings (SSSR count). The maximum atomic E-state index is 13.0. The summed E-state index contributed by atoms with van der Waals surface area (Å²) in [6.45, 7) is 4.27. The molecule has 1 aliphatic carbocycles. The van der Waals surface area contributed by atoms with Crippen molar-refractivity contribution in [1.29, 1.82) is 5.26 Å². The first-order valence-electron chi connectivity index (χ1n) is 12.2. The van der Waals surface area contributed by atoms with Crippen molar-refractivity contribution >= 4 is 57.5 Å². The average Bonchev–Trinajstić information content (AvgIpc) is 3.24. The van der Waals surface area contributed by atoms with Crippen LogP contribution in [0.4, 0.5) is 10.7 Å². The Morgan fingerprint density at radius 3 is 2.61 bits per heavy atom. The predicted octanol–water partition coefficient (Wildman–Crippen LogP) is 4.25. The third kappa shape index (κ3) is 6.09. The van der Waals surface area contributed by atoms with Gasteiger partial charge in [0, 0.05) is 28.9 Å². The second-order valence-electron chi connectivity index (χ2n) is 9.27. The maximum Gasteiger partial charge on any atom is 0.307 e. The first-order valence-corrected chi connectivity index (χ1v) is 13.9. The van der Waals surface area contributed by atoms with Crippen LogP contribution in [-0.2, 0) is 32.1 Å². The monoisotopic (exact) mass is 552 g/mol. The Bertz CT molecular complexity index is 1350. The third-order valence-electron chi connectivity index (χ3n) is 6.72. The number of nitrogens with one attached hydrogen (secondary N) is 2. The number of fused-ring (bicyclic) bond motifs is 1. The van der Waals surface area contributed by atoms with Crippen molar-refractivity contribution in [2.75, 3.05) is 17.2 Å². The van der Waals surface area contributed by atoms with Gasteiger partial charge < -0.3 is 20.6 Å². The Kier molecular flexibility index (Phi) is 8.54. The van der Waals surface area contributed by atoms with Crippen LogP contribution < -0.4 is 10.6 Å². The second-order valence-corrected chi connectivity index (χ2v) is 11.8. The molecule has 0 spiro atoms. The number of carbonyl (C=O) groups excluding carboxylic acids is 3. The molecule has 3 atom stereocenters. The molecule has 2 heterocycles. The van der Waals surface area contributed by atoms with Gasteiger partial charge in [-0.15, -0.1) is 23.1 Å². The smallest absolute Gasteiger partial charge is 0.307 e. The highest BCUT2D eigenvalue weighted by atomic mass is 32.2. The van der Waals surface area contributed by atoms with Gasteiger partial charge in [-0.2, -0.15) is 5.26 Å². The highest BCUT2D eigenvalue weighted by Gasteiger charge is 2.34. The molecule has 11 heteroatoms. The van der Waals surface area contributed by atoms with Gasteiger partial charge in [0.25, 0.3) is 0 Å². The number of hydrogen-bond donors (Lipinski definition) is 3. The van der Waals surface area contributed by atoms with E-state index in [2.05, 4.69) is 16.7 Å². The molecule has 2 aliphatic rings. The summed E-state index contributed by atoms with van der Waals surface area (Å²) in [6.07, 6.45) is 4.90. The zero-order valence-corrected chi connectivity index (χ0v) is 22.7. The molecule has 0 saturated heterocycles. The number of thioether (sulfide) groups is 1. The Morgan fingerprint density at radius 2 is 1.92 bits per heavy atom. The molecule has 1 aliphatic heterocycles. The molecule has 38 heavy (non-hydrogen) atoms. The molecule has 0 fully saturated rings. The summed E-state index contributed by atoms with van der Waals surface area (Å²) in [4.78, 5) is 52.5. The fraction of sp³-hybridized carbons (Fsp3) is 0.370. The summed E-state index contributed by atoms with van der Waals surface area (Å²) in [7, 11) is 0. The fourth-order valence-corrected chi connectivity index (χ4v) is 6.75. The highest BCUT2D eigenvalue weighted by molar-refractivity contribution is 8.00. The number of carboxylic acids is 1. The van der Waals surface area contributed by atoms with Crippen LogP contribution >= 0.6 is 23.1 Å². The van der Waals surface area contributed by atoms with Crippen molar-refractivity contribution in [2.45, 2.75) is 49.8 Å². The molecule has 1 aromatic heterocycles. The van der Waals surface area contributed by atoms with E-state index in [4.69, 9.17) is 0 Å². The van der Waals surface area contributed by atoms with Crippen LogP contribution in [0.15, 0.2) is 41.3 Å². The summed E-state index contributed by atoms with van der Waals surface area (Å²) >= 11 is 2.64. The number of rotatable bonds is 7. The van der Waals surface area contributed by atoms with Crippen molar-refractivity contribution in [3.05, 3.63) is 52.4 Å². The predicted molar refractivity (Wildman–Crippen MR) is 146 cm³/mol. The van der Waals surface area contributed by atoms with Crippen molar-refractivity contribution in [2.24, 2.45) is 11.8 Å². The summed E-state index contributed by atoms with van der Waals surface area (Å²) in [5.41, 5.74) is 1.88. The third-order valence-corrected chi connectivity index (χ3v) is 8.95. The zero-order chi connectivity index (χ0) is 27.4. The number of nitriles is 1. The molecule has 0 radical (unpaired) electrons. The quantitative estimate of drug-likeness (QED) is 0.345. The van der Waals surface area contributed by atoms with Gasteiger partial charge in [0.2, 0.25) is 17.7 Å². The summed E-state index contributed by atoms with van der Waals surface area (Å²) in [5.74, 6) is -3.01. The largest absolute Gasteiger partial charge is 0.481 e. The molecule has 198 valence electrons. The number of amides is 3. The average molecular weight is 553 g/mol. The van der Waals surface area contributed by atoms with Gasteiger partial charge in [0.1, 0.15) is 11.1 Å². The normalized spacial score (nSPS) is 19.1.